The highest BCUT2D eigenvalue weighted by molar-refractivity contribution is 5.88. The average molecular weight is 407 g/mol. The summed E-state index contributed by atoms with van der Waals surface area (Å²) in [5, 5.41) is 0. The van der Waals surface area contributed by atoms with Crippen LogP contribution in [0.3, 0.4) is 0 Å². The Morgan fingerprint density at radius 1 is 0.867 bits per heavy atom. The molecule has 0 aromatic heterocycles. The number of benzene rings is 2. The maximum atomic E-state index is 12.4. The first kappa shape index (κ1) is 22.7. The van der Waals surface area contributed by atoms with Gasteiger partial charge in [-0.1, -0.05) is 84.0 Å². The van der Waals surface area contributed by atoms with Crippen LogP contribution in [0.5, 0.6) is 0 Å². The minimum absolute atomic E-state index is 0.0116. The predicted molar refractivity (Wildman–Crippen MR) is 125 cm³/mol. The molecule has 0 heterocycles. The molecule has 162 valence electrons. The molecule has 2 aromatic rings. The molecule has 3 atom stereocenters. The molecule has 0 saturated heterocycles. The van der Waals surface area contributed by atoms with Crippen molar-refractivity contribution in [2.24, 2.45) is 5.92 Å². The van der Waals surface area contributed by atoms with Crippen LogP contribution in [0.25, 0.3) is 0 Å². The van der Waals surface area contributed by atoms with Crippen molar-refractivity contribution in [2.75, 3.05) is 0 Å². The number of hydrogen-bond acceptors (Lipinski definition) is 2. The molecule has 2 heteroatoms. The monoisotopic (exact) mass is 406 g/mol. The SMILES string of the molecule is CC(C)c1cc(C(C)C)c([C@H](C)O[C@@H]2CC(=O)[C@@H]2Cc2ccccc2)c(C(C)C)c1. The van der Waals surface area contributed by atoms with Crippen molar-refractivity contribution < 1.29 is 9.53 Å². The van der Waals surface area contributed by atoms with E-state index in [4.69, 9.17) is 4.74 Å². The molecule has 0 bridgehead atoms. The van der Waals surface area contributed by atoms with Crippen molar-refractivity contribution in [1.29, 1.82) is 0 Å². The fourth-order valence-electron chi connectivity index (χ4n) is 4.61. The minimum Gasteiger partial charge on any atom is -0.369 e. The van der Waals surface area contributed by atoms with Gasteiger partial charge in [0.25, 0.3) is 0 Å². The molecule has 0 N–H and O–H groups in total. The Morgan fingerprint density at radius 3 is 1.90 bits per heavy atom. The van der Waals surface area contributed by atoms with Crippen molar-refractivity contribution >= 4 is 5.78 Å². The van der Waals surface area contributed by atoms with E-state index in [-0.39, 0.29) is 18.1 Å². The smallest absolute Gasteiger partial charge is 0.141 e. The Kier molecular flexibility index (Phi) is 7.18. The summed E-state index contributed by atoms with van der Waals surface area (Å²) in [4.78, 5) is 12.4. The van der Waals surface area contributed by atoms with Gasteiger partial charge in [-0.05, 0) is 58.9 Å². The fourth-order valence-corrected chi connectivity index (χ4v) is 4.61. The topological polar surface area (TPSA) is 26.3 Å². The quantitative estimate of drug-likeness (QED) is 0.458. The van der Waals surface area contributed by atoms with Crippen LogP contribution >= 0.6 is 0 Å². The molecule has 1 fully saturated rings. The molecule has 0 amide bonds. The molecule has 3 rings (SSSR count). The van der Waals surface area contributed by atoms with Gasteiger partial charge in [-0.15, -0.1) is 0 Å². The number of ketones is 1. The Labute approximate surface area is 183 Å². The molecular formula is C28H38O2. The second-order valence-electron chi connectivity index (χ2n) is 9.86. The molecule has 2 aromatic carbocycles. The number of ether oxygens (including phenoxy) is 1. The summed E-state index contributed by atoms with van der Waals surface area (Å²) in [7, 11) is 0. The number of rotatable bonds is 8. The van der Waals surface area contributed by atoms with E-state index in [0.717, 1.165) is 6.42 Å². The number of carbonyl (C=O) groups excluding carboxylic acids is 1. The highest BCUT2D eigenvalue weighted by Crippen LogP contribution is 2.40. The third-order valence-electron chi connectivity index (χ3n) is 6.53. The zero-order chi connectivity index (χ0) is 22.0. The minimum atomic E-state index is -0.0187. The lowest BCUT2D eigenvalue weighted by Crippen LogP contribution is -2.45. The lowest BCUT2D eigenvalue weighted by atomic mass is 9.76. The van der Waals surface area contributed by atoms with Gasteiger partial charge in [0.2, 0.25) is 0 Å². The van der Waals surface area contributed by atoms with E-state index in [9.17, 15) is 4.79 Å². The first-order chi connectivity index (χ1) is 14.2. The molecular weight excluding hydrogens is 368 g/mol. The van der Waals surface area contributed by atoms with Gasteiger partial charge < -0.3 is 4.74 Å². The lowest BCUT2D eigenvalue weighted by molar-refractivity contribution is -0.150. The van der Waals surface area contributed by atoms with Crippen molar-refractivity contribution in [1.82, 2.24) is 0 Å². The zero-order valence-electron chi connectivity index (χ0n) is 19.7. The van der Waals surface area contributed by atoms with Crippen LogP contribution < -0.4 is 0 Å². The maximum absolute atomic E-state index is 12.4. The zero-order valence-corrected chi connectivity index (χ0v) is 19.7. The Hall–Kier alpha value is -1.93. The molecule has 0 aliphatic heterocycles. The summed E-state index contributed by atoms with van der Waals surface area (Å²) in [6, 6.07) is 15.1. The standard InChI is InChI=1S/C28H38O2/c1-17(2)22-14-23(18(3)4)28(24(15-22)19(5)6)20(7)30-27-16-26(29)25(27)13-21-11-9-8-10-12-21/h8-12,14-15,17-20,25,27H,13,16H2,1-7H3/t20-,25-,27+/m0/s1. The molecule has 0 spiro atoms. The van der Waals surface area contributed by atoms with Crippen LogP contribution in [0.1, 0.15) is 107 Å². The molecule has 1 saturated carbocycles. The van der Waals surface area contributed by atoms with Crippen LogP contribution in [0.2, 0.25) is 0 Å². The van der Waals surface area contributed by atoms with Gasteiger partial charge in [0.1, 0.15) is 5.78 Å². The van der Waals surface area contributed by atoms with E-state index in [0.29, 0.717) is 30.0 Å². The Balaban J connectivity index is 1.87. The van der Waals surface area contributed by atoms with E-state index in [1.165, 1.54) is 27.8 Å². The van der Waals surface area contributed by atoms with Gasteiger partial charge >= 0.3 is 0 Å². The normalized spacial score (nSPS) is 20.1. The van der Waals surface area contributed by atoms with E-state index >= 15 is 0 Å². The fraction of sp³-hybridized carbons (Fsp3) is 0.536. The molecule has 0 unspecified atom stereocenters. The highest BCUT2D eigenvalue weighted by atomic mass is 16.5. The number of Topliss-reactive ketones (excluding diaryl/α,β-unsaturated/α-hetero) is 1. The first-order valence-electron chi connectivity index (χ1n) is 11.6. The summed E-state index contributed by atoms with van der Waals surface area (Å²) in [5.41, 5.74) is 6.73. The summed E-state index contributed by atoms with van der Waals surface area (Å²) in [6.07, 6.45) is 1.31. The van der Waals surface area contributed by atoms with Crippen LogP contribution in [-0.2, 0) is 16.0 Å². The van der Waals surface area contributed by atoms with Gasteiger partial charge in [0, 0.05) is 12.3 Å². The van der Waals surface area contributed by atoms with Crippen LogP contribution in [0.15, 0.2) is 42.5 Å². The Morgan fingerprint density at radius 2 is 1.43 bits per heavy atom. The van der Waals surface area contributed by atoms with Crippen molar-refractivity contribution in [2.45, 2.75) is 91.3 Å². The number of hydrogen-bond donors (Lipinski definition) is 0. The third-order valence-corrected chi connectivity index (χ3v) is 6.53. The second kappa shape index (κ2) is 9.47. The summed E-state index contributed by atoms with van der Waals surface area (Å²) in [5.74, 6) is 1.69. The van der Waals surface area contributed by atoms with Gasteiger partial charge in [-0.2, -0.15) is 0 Å². The highest BCUT2D eigenvalue weighted by Gasteiger charge is 2.41. The van der Waals surface area contributed by atoms with Gasteiger partial charge in [0.15, 0.2) is 0 Å². The molecule has 0 radical (unpaired) electrons. The number of carbonyl (C=O) groups is 1. The van der Waals surface area contributed by atoms with Crippen molar-refractivity contribution in [3.8, 4) is 0 Å². The van der Waals surface area contributed by atoms with Crippen molar-refractivity contribution in [3.63, 3.8) is 0 Å². The van der Waals surface area contributed by atoms with E-state index in [1.807, 2.05) is 18.2 Å². The van der Waals surface area contributed by atoms with E-state index < -0.39 is 0 Å². The second-order valence-corrected chi connectivity index (χ2v) is 9.86. The Bertz CT molecular complexity index is 834. The summed E-state index contributed by atoms with van der Waals surface area (Å²) in [6.45, 7) is 15.8. The average Bonchev–Trinajstić information content (AvgIpc) is 2.71. The lowest BCUT2D eigenvalue weighted by Gasteiger charge is -2.38. The molecule has 2 nitrogen and oxygen atoms in total. The van der Waals surface area contributed by atoms with Gasteiger partial charge in [0.05, 0.1) is 12.2 Å². The predicted octanol–water partition coefficient (Wildman–Crippen LogP) is 7.33. The van der Waals surface area contributed by atoms with E-state index in [1.54, 1.807) is 0 Å². The van der Waals surface area contributed by atoms with E-state index in [2.05, 4.69) is 72.7 Å². The van der Waals surface area contributed by atoms with Gasteiger partial charge in [-0.25, -0.2) is 0 Å². The van der Waals surface area contributed by atoms with Gasteiger partial charge in [-0.3, -0.25) is 4.79 Å². The van der Waals surface area contributed by atoms with Crippen molar-refractivity contribution in [3.05, 3.63) is 70.3 Å². The van der Waals surface area contributed by atoms with Crippen LogP contribution in [0, 0.1) is 5.92 Å². The molecule has 1 aliphatic carbocycles. The maximum Gasteiger partial charge on any atom is 0.141 e. The van der Waals surface area contributed by atoms with Crippen LogP contribution in [0.4, 0.5) is 0 Å². The summed E-state index contributed by atoms with van der Waals surface area (Å²) >= 11 is 0. The molecule has 30 heavy (non-hydrogen) atoms. The molecule has 1 aliphatic rings. The largest absolute Gasteiger partial charge is 0.369 e. The van der Waals surface area contributed by atoms with Crippen LogP contribution in [-0.4, -0.2) is 11.9 Å². The third kappa shape index (κ3) is 4.86. The summed E-state index contributed by atoms with van der Waals surface area (Å²) < 4.78 is 6.59. The first-order valence-corrected chi connectivity index (χ1v) is 11.6.